The van der Waals surface area contributed by atoms with E-state index in [2.05, 4.69) is 6.58 Å². The first-order chi connectivity index (χ1) is 12.6. The fourth-order valence-corrected chi connectivity index (χ4v) is 3.84. The van der Waals surface area contributed by atoms with Gasteiger partial charge >= 0.3 is 0 Å². The highest BCUT2D eigenvalue weighted by Gasteiger charge is 2.30. The Morgan fingerprint density at radius 1 is 1.19 bits per heavy atom. The van der Waals surface area contributed by atoms with Crippen molar-refractivity contribution in [3.05, 3.63) is 82.2 Å². The first-order valence-electron chi connectivity index (χ1n) is 7.91. The fraction of sp³-hybridized carbons (Fsp3) is 0.100. The molecule has 0 unspecified atom stereocenters. The van der Waals surface area contributed by atoms with Crippen molar-refractivity contribution in [2.24, 2.45) is 0 Å². The molecule has 1 aliphatic heterocycles. The summed E-state index contributed by atoms with van der Waals surface area (Å²) in [5.74, 6) is 0.653. The maximum atomic E-state index is 12.3. The van der Waals surface area contributed by atoms with Crippen LogP contribution in [0.2, 0.25) is 5.02 Å². The molecule has 2 aromatic rings. The number of halogens is 1. The van der Waals surface area contributed by atoms with Gasteiger partial charge in [-0.1, -0.05) is 72.0 Å². The lowest BCUT2D eigenvalue weighted by atomic mass is 10.2. The van der Waals surface area contributed by atoms with E-state index in [-0.39, 0.29) is 5.91 Å². The molecule has 0 atom stereocenters. The van der Waals surface area contributed by atoms with E-state index >= 15 is 0 Å². The Bertz CT molecular complexity index is 878. The Balaban J connectivity index is 1.66. The zero-order valence-corrected chi connectivity index (χ0v) is 16.2. The zero-order valence-electron chi connectivity index (χ0n) is 13.9. The average Bonchev–Trinajstić information content (AvgIpc) is 2.90. The number of carbonyl (C=O) groups excluding carboxylic acids is 1. The van der Waals surface area contributed by atoms with Crippen molar-refractivity contribution in [1.29, 1.82) is 0 Å². The molecule has 26 heavy (non-hydrogen) atoms. The maximum absolute atomic E-state index is 12.3. The first kappa shape index (κ1) is 18.7. The van der Waals surface area contributed by atoms with Gasteiger partial charge in [0.15, 0.2) is 0 Å². The molecule has 132 valence electrons. The molecule has 1 saturated heterocycles. The summed E-state index contributed by atoms with van der Waals surface area (Å²) in [5, 5.41) is 0.686. The van der Waals surface area contributed by atoms with E-state index in [1.165, 1.54) is 11.8 Å². The number of benzene rings is 2. The molecule has 0 spiro atoms. The van der Waals surface area contributed by atoms with Crippen LogP contribution in [0.3, 0.4) is 0 Å². The number of carbonyl (C=O) groups is 1. The predicted molar refractivity (Wildman–Crippen MR) is 112 cm³/mol. The molecule has 0 bridgehead atoms. The normalized spacial score (nSPS) is 15.6. The number of hydrogen-bond acceptors (Lipinski definition) is 4. The van der Waals surface area contributed by atoms with Crippen molar-refractivity contribution in [3.8, 4) is 5.75 Å². The van der Waals surface area contributed by atoms with Crippen LogP contribution in [-0.2, 0) is 11.4 Å². The minimum absolute atomic E-state index is 0.0843. The van der Waals surface area contributed by atoms with Gasteiger partial charge in [-0.2, -0.15) is 0 Å². The molecular formula is C20H16ClNO2S2. The van der Waals surface area contributed by atoms with Crippen LogP contribution in [0.1, 0.15) is 11.1 Å². The van der Waals surface area contributed by atoms with Crippen molar-refractivity contribution < 1.29 is 9.53 Å². The molecule has 3 nitrogen and oxygen atoms in total. The van der Waals surface area contributed by atoms with E-state index in [1.807, 2.05) is 54.6 Å². The SMILES string of the molecule is C=CCN1C(=O)/C(=C\c2ccc(OCc3ccccc3Cl)cc2)SC1=S. The van der Waals surface area contributed by atoms with Crippen LogP contribution in [0.5, 0.6) is 5.75 Å². The third-order valence-corrected chi connectivity index (χ3v) is 5.46. The Morgan fingerprint density at radius 2 is 1.92 bits per heavy atom. The third-order valence-electron chi connectivity index (χ3n) is 3.72. The molecule has 0 aliphatic carbocycles. The number of ether oxygens (including phenoxy) is 1. The highest BCUT2D eigenvalue weighted by atomic mass is 35.5. The molecule has 0 N–H and O–H groups in total. The van der Waals surface area contributed by atoms with Gasteiger partial charge in [-0.05, 0) is 29.8 Å². The van der Waals surface area contributed by atoms with Crippen LogP contribution in [-0.4, -0.2) is 21.7 Å². The van der Waals surface area contributed by atoms with Gasteiger partial charge in [0.05, 0.1) is 4.91 Å². The summed E-state index contributed by atoms with van der Waals surface area (Å²) in [6, 6.07) is 15.1. The number of rotatable bonds is 6. The molecule has 1 heterocycles. The van der Waals surface area contributed by atoms with E-state index in [4.69, 9.17) is 28.6 Å². The number of thiocarbonyl (C=S) groups is 1. The summed E-state index contributed by atoms with van der Waals surface area (Å²) >= 11 is 12.7. The van der Waals surface area contributed by atoms with Gasteiger partial charge in [0.1, 0.15) is 16.7 Å². The van der Waals surface area contributed by atoms with Gasteiger partial charge in [0.25, 0.3) is 5.91 Å². The zero-order chi connectivity index (χ0) is 18.5. The van der Waals surface area contributed by atoms with Crippen LogP contribution in [0.15, 0.2) is 66.1 Å². The summed E-state index contributed by atoms with van der Waals surface area (Å²) in [5.41, 5.74) is 1.85. The van der Waals surface area contributed by atoms with E-state index in [1.54, 1.807) is 11.0 Å². The monoisotopic (exact) mass is 401 g/mol. The standard InChI is InChI=1S/C20H16ClNO2S2/c1-2-11-22-19(23)18(26-20(22)25)12-14-7-9-16(10-8-14)24-13-15-5-3-4-6-17(15)21/h2-10,12H,1,11,13H2/b18-12+. The fourth-order valence-electron chi connectivity index (χ4n) is 2.37. The Morgan fingerprint density at radius 3 is 2.62 bits per heavy atom. The van der Waals surface area contributed by atoms with Crippen molar-refractivity contribution >= 4 is 51.9 Å². The van der Waals surface area contributed by atoms with Crippen molar-refractivity contribution in [3.63, 3.8) is 0 Å². The molecule has 0 aromatic heterocycles. The van der Waals surface area contributed by atoms with Gasteiger partial charge in [-0.25, -0.2) is 0 Å². The van der Waals surface area contributed by atoms with Crippen LogP contribution in [0.4, 0.5) is 0 Å². The second-order valence-corrected chi connectivity index (χ2v) is 7.61. The molecular weight excluding hydrogens is 386 g/mol. The molecule has 1 fully saturated rings. The quantitative estimate of drug-likeness (QED) is 0.373. The van der Waals surface area contributed by atoms with E-state index in [0.29, 0.717) is 27.4 Å². The predicted octanol–water partition coefficient (Wildman–Crippen LogP) is 5.31. The average molecular weight is 402 g/mol. The highest BCUT2D eigenvalue weighted by molar-refractivity contribution is 8.26. The largest absolute Gasteiger partial charge is 0.489 e. The lowest BCUT2D eigenvalue weighted by Crippen LogP contribution is -2.27. The van der Waals surface area contributed by atoms with Gasteiger partial charge in [-0.15, -0.1) is 6.58 Å². The molecule has 0 saturated carbocycles. The van der Waals surface area contributed by atoms with Crippen LogP contribution in [0, 0.1) is 0 Å². The van der Waals surface area contributed by atoms with Crippen LogP contribution in [0.25, 0.3) is 6.08 Å². The number of amides is 1. The maximum Gasteiger partial charge on any atom is 0.266 e. The minimum Gasteiger partial charge on any atom is -0.489 e. The van der Waals surface area contributed by atoms with E-state index in [9.17, 15) is 4.79 Å². The first-order valence-corrected chi connectivity index (χ1v) is 9.51. The molecule has 0 radical (unpaired) electrons. The molecule has 6 heteroatoms. The summed E-state index contributed by atoms with van der Waals surface area (Å²) in [6.45, 7) is 4.48. The summed E-state index contributed by atoms with van der Waals surface area (Å²) in [6.07, 6.45) is 3.50. The smallest absolute Gasteiger partial charge is 0.266 e. The Labute approximate surface area is 167 Å². The van der Waals surface area contributed by atoms with Crippen molar-refractivity contribution in [2.75, 3.05) is 6.54 Å². The number of hydrogen-bond donors (Lipinski definition) is 0. The van der Waals surface area contributed by atoms with Crippen molar-refractivity contribution in [1.82, 2.24) is 4.90 Å². The third kappa shape index (κ3) is 4.36. The second-order valence-electron chi connectivity index (χ2n) is 5.53. The number of nitrogens with zero attached hydrogens (tertiary/aromatic N) is 1. The van der Waals surface area contributed by atoms with Gasteiger partial charge in [0, 0.05) is 17.1 Å². The van der Waals surface area contributed by atoms with Gasteiger partial charge in [-0.3, -0.25) is 9.69 Å². The van der Waals surface area contributed by atoms with E-state index < -0.39 is 0 Å². The lowest BCUT2D eigenvalue weighted by molar-refractivity contribution is -0.121. The minimum atomic E-state index is -0.0843. The van der Waals surface area contributed by atoms with Gasteiger partial charge in [0.2, 0.25) is 0 Å². The van der Waals surface area contributed by atoms with Crippen molar-refractivity contribution in [2.45, 2.75) is 6.61 Å². The van der Waals surface area contributed by atoms with Gasteiger partial charge < -0.3 is 4.74 Å². The molecule has 3 rings (SSSR count). The van der Waals surface area contributed by atoms with Crippen LogP contribution < -0.4 is 4.74 Å². The second kappa shape index (κ2) is 8.54. The number of thioether (sulfide) groups is 1. The molecule has 1 amide bonds. The summed E-state index contributed by atoms with van der Waals surface area (Å²) in [7, 11) is 0. The Hall–Kier alpha value is -2.08. The Kier molecular flexibility index (Phi) is 6.14. The summed E-state index contributed by atoms with van der Waals surface area (Å²) < 4.78 is 6.32. The summed E-state index contributed by atoms with van der Waals surface area (Å²) in [4.78, 5) is 14.5. The topological polar surface area (TPSA) is 29.5 Å². The molecule has 1 aliphatic rings. The van der Waals surface area contributed by atoms with Crippen LogP contribution >= 0.6 is 35.6 Å². The lowest BCUT2D eigenvalue weighted by Gasteiger charge is -2.10. The molecule has 2 aromatic carbocycles. The highest BCUT2D eigenvalue weighted by Crippen LogP contribution is 2.32. The van der Waals surface area contributed by atoms with E-state index in [0.717, 1.165) is 16.9 Å².